The molecule has 0 saturated carbocycles. The van der Waals surface area contributed by atoms with Crippen LogP contribution in [0.25, 0.3) is 0 Å². The molecule has 2 rings (SSSR count). The summed E-state index contributed by atoms with van der Waals surface area (Å²) in [7, 11) is 1.89. The fraction of sp³-hybridized carbons (Fsp3) is 0.412. The zero-order valence-electron chi connectivity index (χ0n) is 12.7. The number of nitrogens with zero attached hydrogens (tertiary/aromatic N) is 2. The first kappa shape index (κ1) is 14.5. The minimum atomic E-state index is -0.0133. The van der Waals surface area contributed by atoms with Crippen molar-refractivity contribution in [1.29, 1.82) is 0 Å². The summed E-state index contributed by atoms with van der Waals surface area (Å²) in [6.45, 7) is 6.42. The number of ketones is 1. The van der Waals surface area contributed by atoms with Crippen LogP contribution in [0.3, 0.4) is 0 Å². The topological polar surface area (TPSA) is 34.9 Å². The summed E-state index contributed by atoms with van der Waals surface area (Å²) in [6.07, 6.45) is 5.05. The van der Waals surface area contributed by atoms with Crippen LogP contribution >= 0.6 is 0 Å². The van der Waals surface area contributed by atoms with Gasteiger partial charge in [0.25, 0.3) is 0 Å². The monoisotopic (exact) mass is 270 g/mol. The first-order chi connectivity index (χ1) is 9.38. The number of aromatic nitrogens is 2. The van der Waals surface area contributed by atoms with Gasteiger partial charge < -0.3 is 0 Å². The Hall–Kier alpha value is -1.90. The van der Waals surface area contributed by atoms with Gasteiger partial charge in [0.05, 0.1) is 6.20 Å². The van der Waals surface area contributed by atoms with Gasteiger partial charge in [-0.2, -0.15) is 5.10 Å². The standard InChI is InChI=1S/C17H22N2O/c1-17(2,3)15-8-6-5-7-14(15)16(20)10-9-13-11-18-19(4)12-13/h5-8,11-12H,9-10H2,1-4H3. The number of Topliss-reactive ketones (excluding diaryl/α,β-unsaturated/α-hetero) is 1. The third kappa shape index (κ3) is 3.35. The summed E-state index contributed by atoms with van der Waals surface area (Å²) in [4.78, 5) is 12.5. The minimum absolute atomic E-state index is 0.0133. The maximum atomic E-state index is 12.5. The zero-order chi connectivity index (χ0) is 14.8. The van der Waals surface area contributed by atoms with Crippen molar-refractivity contribution in [3.8, 4) is 0 Å². The molecule has 1 aromatic carbocycles. The number of hydrogen-bond acceptors (Lipinski definition) is 2. The van der Waals surface area contributed by atoms with Crippen LogP contribution in [0.4, 0.5) is 0 Å². The van der Waals surface area contributed by atoms with Crippen molar-refractivity contribution in [1.82, 2.24) is 9.78 Å². The number of benzene rings is 1. The number of rotatable bonds is 4. The highest BCUT2D eigenvalue weighted by molar-refractivity contribution is 5.97. The molecule has 0 aliphatic rings. The average Bonchev–Trinajstić information content (AvgIpc) is 2.81. The van der Waals surface area contributed by atoms with E-state index < -0.39 is 0 Å². The van der Waals surface area contributed by atoms with Crippen molar-refractivity contribution < 1.29 is 4.79 Å². The Balaban J connectivity index is 2.13. The molecule has 0 amide bonds. The van der Waals surface area contributed by atoms with Gasteiger partial charge in [0.1, 0.15) is 0 Å². The smallest absolute Gasteiger partial charge is 0.163 e. The maximum absolute atomic E-state index is 12.5. The van der Waals surface area contributed by atoms with Crippen molar-refractivity contribution >= 4 is 5.78 Å². The van der Waals surface area contributed by atoms with E-state index in [2.05, 4.69) is 31.9 Å². The van der Waals surface area contributed by atoms with Crippen molar-refractivity contribution in [2.45, 2.75) is 39.0 Å². The number of aryl methyl sites for hydroxylation is 2. The van der Waals surface area contributed by atoms with Crippen LogP contribution in [0.15, 0.2) is 36.7 Å². The molecule has 0 bridgehead atoms. The lowest BCUT2D eigenvalue weighted by atomic mass is 9.82. The van der Waals surface area contributed by atoms with Crippen molar-refractivity contribution in [3.63, 3.8) is 0 Å². The van der Waals surface area contributed by atoms with Crippen molar-refractivity contribution in [2.75, 3.05) is 0 Å². The van der Waals surface area contributed by atoms with E-state index in [1.807, 2.05) is 37.6 Å². The molecule has 0 spiro atoms. The lowest BCUT2D eigenvalue weighted by Gasteiger charge is -2.22. The van der Waals surface area contributed by atoms with Gasteiger partial charge in [0, 0.05) is 25.2 Å². The van der Waals surface area contributed by atoms with Crippen molar-refractivity contribution in [2.24, 2.45) is 7.05 Å². The van der Waals surface area contributed by atoms with E-state index in [1.54, 1.807) is 4.68 Å². The molecular weight excluding hydrogens is 248 g/mol. The Kier molecular flexibility index (Phi) is 4.07. The molecule has 0 fully saturated rings. The molecule has 2 aromatic rings. The molecule has 0 saturated heterocycles. The molecule has 20 heavy (non-hydrogen) atoms. The molecule has 0 N–H and O–H groups in total. The fourth-order valence-corrected chi connectivity index (χ4v) is 2.37. The first-order valence-electron chi connectivity index (χ1n) is 6.98. The molecule has 0 unspecified atom stereocenters. The van der Waals surface area contributed by atoms with E-state index >= 15 is 0 Å². The summed E-state index contributed by atoms with van der Waals surface area (Å²) in [6, 6.07) is 7.93. The predicted octanol–water partition coefficient (Wildman–Crippen LogP) is 3.53. The number of carbonyl (C=O) groups excluding carboxylic acids is 1. The Labute approximate surface area is 120 Å². The third-order valence-electron chi connectivity index (χ3n) is 3.43. The SMILES string of the molecule is Cn1cc(CCC(=O)c2ccccc2C(C)(C)C)cn1. The van der Waals surface area contributed by atoms with Crippen LogP contribution in [0.2, 0.25) is 0 Å². The molecule has 0 radical (unpaired) electrons. The molecule has 1 aromatic heterocycles. The van der Waals surface area contributed by atoms with Gasteiger partial charge in [-0.15, -0.1) is 0 Å². The predicted molar refractivity (Wildman–Crippen MR) is 81.0 cm³/mol. The molecule has 106 valence electrons. The first-order valence-corrected chi connectivity index (χ1v) is 6.98. The van der Waals surface area contributed by atoms with Gasteiger partial charge in [-0.25, -0.2) is 0 Å². The van der Waals surface area contributed by atoms with Gasteiger partial charge in [0.2, 0.25) is 0 Å². The van der Waals surface area contributed by atoms with E-state index in [0.717, 1.165) is 23.1 Å². The van der Waals surface area contributed by atoms with Gasteiger partial charge in [0.15, 0.2) is 5.78 Å². The summed E-state index contributed by atoms with van der Waals surface area (Å²) in [5.41, 5.74) is 3.06. The second kappa shape index (κ2) is 5.61. The molecular formula is C17H22N2O. The second-order valence-electron chi connectivity index (χ2n) is 6.24. The maximum Gasteiger partial charge on any atom is 0.163 e. The number of hydrogen-bond donors (Lipinski definition) is 0. The van der Waals surface area contributed by atoms with E-state index in [9.17, 15) is 4.79 Å². The normalized spacial score (nSPS) is 11.6. The van der Waals surface area contributed by atoms with Gasteiger partial charge in [-0.05, 0) is 23.0 Å². The van der Waals surface area contributed by atoms with Crippen LogP contribution in [0.1, 0.15) is 48.7 Å². The minimum Gasteiger partial charge on any atom is -0.294 e. The van der Waals surface area contributed by atoms with Gasteiger partial charge >= 0.3 is 0 Å². The van der Waals surface area contributed by atoms with Gasteiger partial charge in [-0.1, -0.05) is 45.0 Å². The largest absolute Gasteiger partial charge is 0.294 e. The lowest BCUT2D eigenvalue weighted by molar-refractivity contribution is 0.0980. The number of carbonyl (C=O) groups is 1. The lowest BCUT2D eigenvalue weighted by Crippen LogP contribution is -2.17. The highest BCUT2D eigenvalue weighted by atomic mass is 16.1. The molecule has 1 heterocycles. The molecule has 0 aliphatic carbocycles. The Morgan fingerprint density at radius 1 is 1.25 bits per heavy atom. The van der Waals surface area contributed by atoms with E-state index in [0.29, 0.717) is 6.42 Å². The van der Waals surface area contributed by atoms with Crippen molar-refractivity contribution in [3.05, 3.63) is 53.3 Å². The fourth-order valence-electron chi connectivity index (χ4n) is 2.37. The highest BCUT2D eigenvalue weighted by Crippen LogP contribution is 2.26. The van der Waals surface area contributed by atoms with E-state index in [-0.39, 0.29) is 11.2 Å². The van der Waals surface area contributed by atoms with Gasteiger partial charge in [-0.3, -0.25) is 9.48 Å². The Morgan fingerprint density at radius 2 is 1.95 bits per heavy atom. The Morgan fingerprint density at radius 3 is 2.55 bits per heavy atom. The molecule has 0 atom stereocenters. The zero-order valence-corrected chi connectivity index (χ0v) is 12.7. The highest BCUT2D eigenvalue weighted by Gasteiger charge is 2.20. The summed E-state index contributed by atoms with van der Waals surface area (Å²) in [5.74, 6) is 0.208. The molecule has 3 heteroatoms. The quantitative estimate of drug-likeness (QED) is 0.797. The third-order valence-corrected chi connectivity index (χ3v) is 3.43. The summed E-state index contributed by atoms with van der Waals surface area (Å²) in [5, 5.41) is 4.13. The van der Waals surface area contributed by atoms with E-state index in [1.165, 1.54) is 0 Å². The second-order valence-corrected chi connectivity index (χ2v) is 6.24. The van der Waals surface area contributed by atoms with Crippen LogP contribution in [0, 0.1) is 0 Å². The summed E-state index contributed by atoms with van der Waals surface area (Å²) >= 11 is 0. The molecule has 3 nitrogen and oxygen atoms in total. The Bertz CT molecular complexity index is 605. The average molecular weight is 270 g/mol. The van der Waals surface area contributed by atoms with Crippen LogP contribution in [-0.4, -0.2) is 15.6 Å². The molecule has 0 aliphatic heterocycles. The summed E-state index contributed by atoms with van der Waals surface area (Å²) < 4.78 is 1.77. The van der Waals surface area contributed by atoms with Crippen LogP contribution in [-0.2, 0) is 18.9 Å². The van der Waals surface area contributed by atoms with Crippen LogP contribution < -0.4 is 0 Å². The van der Waals surface area contributed by atoms with Crippen LogP contribution in [0.5, 0.6) is 0 Å². The van der Waals surface area contributed by atoms with E-state index in [4.69, 9.17) is 0 Å².